The van der Waals surface area contributed by atoms with Gasteiger partial charge in [0.2, 0.25) is 0 Å². The highest BCUT2D eigenvalue weighted by molar-refractivity contribution is 7.09. The third-order valence-corrected chi connectivity index (χ3v) is 4.50. The summed E-state index contributed by atoms with van der Waals surface area (Å²) in [5, 5.41) is 5.66. The summed E-state index contributed by atoms with van der Waals surface area (Å²) >= 11 is 1.82. The van der Waals surface area contributed by atoms with Crippen LogP contribution in [0.5, 0.6) is 0 Å². The van der Waals surface area contributed by atoms with Gasteiger partial charge in [0.15, 0.2) is 0 Å². The van der Waals surface area contributed by atoms with E-state index >= 15 is 0 Å². The molecule has 2 unspecified atom stereocenters. The number of nitrogens with zero attached hydrogens (tertiary/aromatic N) is 1. The first-order chi connectivity index (χ1) is 8.02. The van der Waals surface area contributed by atoms with Gasteiger partial charge in [0.25, 0.3) is 0 Å². The molecule has 0 aliphatic heterocycles. The number of hydrogen-bond donors (Lipinski definition) is 1. The van der Waals surface area contributed by atoms with E-state index in [1.54, 1.807) is 0 Å². The van der Waals surface area contributed by atoms with Gasteiger partial charge in [0.1, 0.15) is 0 Å². The Morgan fingerprint density at radius 1 is 1.29 bits per heavy atom. The monoisotopic (exact) mass is 254 g/mol. The Balaban J connectivity index is 2.26. The minimum atomic E-state index is 0.576. The number of nitrogens with one attached hydrogen (secondary N) is 1. The molecule has 1 N–H and O–H groups in total. The average Bonchev–Trinajstić information content (AvgIpc) is 2.79. The first kappa shape index (κ1) is 14.7. The van der Waals surface area contributed by atoms with Crippen LogP contribution in [-0.4, -0.2) is 30.6 Å². The molecule has 1 aromatic rings. The average molecular weight is 254 g/mol. The lowest BCUT2D eigenvalue weighted by molar-refractivity contribution is 0.155. The molecule has 1 heterocycles. The number of likely N-dealkylation sites (N-methyl/N-ethyl adjacent to an activating group) is 1. The standard InChI is InChI=1S/C14H26N2S/c1-11(2)13(4)16(5)12(3)9-15-10-14-7-6-8-17-14/h6-8,11-13,15H,9-10H2,1-5H3. The van der Waals surface area contributed by atoms with E-state index in [2.05, 4.69) is 62.5 Å². The van der Waals surface area contributed by atoms with Crippen molar-refractivity contribution in [3.8, 4) is 0 Å². The maximum atomic E-state index is 3.53. The molecular weight excluding hydrogens is 228 g/mol. The zero-order valence-corrected chi connectivity index (χ0v) is 12.6. The predicted octanol–water partition coefficient (Wildman–Crippen LogP) is 3.20. The van der Waals surface area contributed by atoms with Crippen molar-refractivity contribution in [2.45, 2.75) is 46.3 Å². The smallest absolute Gasteiger partial charge is 0.0300 e. The lowest BCUT2D eigenvalue weighted by atomic mass is 10.0. The number of rotatable bonds is 7. The van der Waals surface area contributed by atoms with E-state index in [0.29, 0.717) is 18.0 Å². The fraction of sp³-hybridized carbons (Fsp3) is 0.714. The van der Waals surface area contributed by atoms with Gasteiger partial charge in [0.05, 0.1) is 0 Å². The second kappa shape index (κ2) is 7.14. The molecule has 0 aromatic carbocycles. The van der Waals surface area contributed by atoms with Crippen LogP contribution in [0.25, 0.3) is 0 Å². The van der Waals surface area contributed by atoms with Crippen LogP contribution in [0.3, 0.4) is 0 Å². The maximum Gasteiger partial charge on any atom is 0.0300 e. The molecule has 0 saturated carbocycles. The first-order valence-electron chi connectivity index (χ1n) is 6.47. The van der Waals surface area contributed by atoms with Gasteiger partial charge in [-0.2, -0.15) is 0 Å². The minimum Gasteiger partial charge on any atom is -0.310 e. The Hall–Kier alpha value is -0.380. The number of thiophene rings is 1. The van der Waals surface area contributed by atoms with Crippen molar-refractivity contribution in [3.05, 3.63) is 22.4 Å². The summed E-state index contributed by atoms with van der Waals surface area (Å²) < 4.78 is 0. The molecule has 98 valence electrons. The summed E-state index contributed by atoms with van der Waals surface area (Å²) in [6, 6.07) is 5.50. The lowest BCUT2D eigenvalue weighted by Gasteiger charge is -2.33. The fourth-order valence-corrected chi connectivity index (χ4v) is 2.51. The van der Waals surface area contributed by atoms with Crippen molar-refractivity contribution >= 4 is 11.3 Å². The van der Waals surface area contributed by atoms with Crippen LogP contribution in [0.2, 0.25) is 0 Å². The van der Waals surface area contributed by atoms with Gasteiger partial charge >= 0.3 is 0 Å². The third-order valence-electron chi connectivity index (χ3n) is 3.62. The first-order valence-corrected chi connectivity index (χ1v) is 7.35. The van der Waals surface area contributed by atoms with E-state index in [0.717, 1.165) is 13.1 Å². The van der Waals surface area contributed by atoms with Gasteiger partial charge in [-0.25, -0.2) is 0 Å². The van der Waals surface area contributed by atoms with Gasteiger partial charge in [-0.3, -0.25) is 4.90 Å². The van der Waals surface area contributed by atoms with Crippen molar-refractivity contribution in [2.75, 3.05) is 13.6 Å². The molecule has 0 spiro atoms. The zero-order valence-electron chi connectivity index (χ0n) is 11.7. The minimum absolute atomic E-state index is 0.576. The Morgan fingerprint density at radius 3 is 2.53 bits per heavy atom. The summed E-state index contributed by atoms with van der Waals surface area (Å²) in [6.07, 6.45) is 0. The summed E-state index contributed by atoms with van der Waals surface area (Å²) in [5.74, 6) is 0.708. The molecule has 0 aliphatic rings. The van der Waals surface area contributed by atoms with Gasteiger partial charge in [-0.05, 0) is 38.3 Å². The molecule has 3 heteroatoms. The van der Waals surface area contributed by atoms with Crippen LogP contribution in [0.1, 0.15) is 32.6 Å². The van der Waals surface area contributed by atoms with Crippen LogP contribution in [0.15, 0.2) is 17.5 Å². The molecule has 1 rings (SSSR count). The molecule has 0 bridgehead atoms. The largest absolute Gasteiger partial charge is 0.310 e. The van der Waals surface area contributed by atoms with Crippen LogP contribution in [0.4, 0.5) is 0 Å². The fourth-order valence-electron chi connectivity index (χ4n) is 1.83. The van der Waals surface area contributed by atoms with E-state index in [-0.39, 0.29) is 0 Å². The molecule has 0 amide bonds. The van der Waals surface area contributed by atoms with E-state index in [1.807, 2.05) is 11.3 Å². The quantitative estimate of drug-likeness (QED) is 0.804. The van der Waals surface area contributed by atoms with Gasteiger partial charge in [-0.15, -0.1) is 11.3 Å². The second-order valence-electron chi connectivity index (χ2n) is 5.21. The predicted molar refractivity (Wildman–Crippen MR) is 77.6 cm³/mol. The van der Waals surface area contributed by atoms with Crippen molar-refractivity contribution < 1.29 is 0 Å². The molecular formula is C14H26N2S. The van der Waals surface area contributed by atoms with Gasteiger partial charge < -0.3 is 5.32 Å². The molecule has 2 nitrogen and oxygen atoms in total. The highest BCUT2D eigenvalue weighted by Crippen LogP contribution is 2.11. The van der Waals surface area contributed by atoms with Gasteiger partial charge in [-0.1, -0.05) is 19.9 Å². The molecule has 0 fully saturated rings. The maximum absolute atomic E-state index is 3.53. The molecule has 0 aliphatic carbocycles. The van der Waals surface area contributed by atoms with E-state index < -0.39 is 0 Å². The van der Waals surface area contributed by atoms with E-state index in [1.165, 1.54) is 4.88 Å². The Bertz CT molecular complexity index is 295. The third kappa shape index (κ3) is 4.78. The summed E-state index contributed by atoms with van der Waals surface area (Å²) in [5.41, 5.74) is 0. The molecule has 0 radical (unpaired) electrons. The Morgan fingerprint density at radius 2 is 2.00 bits per heavy atom. The Kier molecular flexibility index (Phi) is 6.17. The molecule has 17 heavy (non-hydrogen) atoms. The molecule has 1 aromatic heterocycles. The normalized spacial score (nSPS) is 15.5. The molecule has 2 atom stereocenters. The zero-order chi connectivity index (χ0) is 12.8. The lowest BCUT2D eigenvalue weighted by Crippen LogP contribution is -2.44. The molecule has 0 saturated heterocycles. The Labute approximate surface area is 110 Å². The van der Waals surface area contributed by atoms with Crippen molar-refractivity contribution in [1.29, 1.82) is 0 Å². The van der Waals surface area contributed by atoms with Gasteiger partial charge in [0, 0.05) is 30.1 Å². The van der Waals surface area contributed by atoms with Crippen LogP contribution in [0, 0.1) is 5.92 Å². The number of hydrogen-bond acceptors (Lipinski definition) is 3. The summed E-state index contributed by atoms with van der Waals surface area (Å²) in [7, 11) is 2.22. The van der Waals surface area contributed by atoms with Crippen molar-refractivity contribution in [1.82, 2.24) is 10.2 Å². The highest BCUT2D eigenvalue weighted by Gasteiger charge is 2.17. The van der Waals surface area contributed by atoms with E-state index in [4.69, 9.17) is 0 Å². The van der Waals surface area contributed by atoms with Crippen molar-refractivity contribution in [3.63, 3.8) is 0 Å². The van der Waals surface area contributed by atoms with Crippen LogP contribution >= 0.6 is 11.3 Å². The van der Waals surface area contributed by atoms with Crippen LogP contribution in [-0.2, 0) is 6.54 Å². The summed E-state index contributed by atoms with van der Waals surface area (Å²) in [6.45, 7) is 11.2. The van der Waals surface area contributed by atoms with E-state index in [9.17, 15) is 0 Å². The topological polar surface area (TPSA) is 15.3 Å². The SMILES string of the molecule is CC(C)C(C)N(C)C(C)CNCc1cccs1. The summed E-state index contributed by atoms with van der Waals surface area (Å²) in [4.78, 5) is 3.88. The second-order valence-corrected chi connectivity index (χ2v) is 6.24. The van der Waals surface area contributed by atoms with Crippen LogP contribution < -0.4 is 5.32 Å². The van der Waals surface area contributed by atoms with Crippen molar-refractivity contribution in [2.24, 2.45) is 5.92 Å². The highest BCUT2D eigenvalue weighted by atomic mass is 32.1.